The summed E-state index contributed by atoms with van der Waals surface area (Å²) in [6.07, 6.45) is -0.377. The van der Waals surface area contributed by atoms with Crippen molar-refractivity contribution in [1.82, 2.24) is 5.32 Å². The molecule has 0 saturated heterocycles. The van der Waals surface area contributed by atoms with Crippen LogP contribution in [0.1, 0.15) is 13.3 Å². The van der Waals surface area contributed by atoms with E-state index in [2.05, 4.69) is 5.32 Å². The number of rotatable bonds is 6. The van der Waals surface area contributed by atoms with E-state index in [1.54, 1.807) is 0 Å². The minimum Gasteiger partial charge on any atom is -0.481 e. The van der Waals surface area contributed by atoms with Crippen molar-refractivity contribution in [3.63, 3.8) is 0 Å². The molecular formula is C12H15F2NO3. The SMILES string of the molecule is CC(Oc1ccc(F)c(F)c1)C(=O)NCCCO. The van der Waals surface area contributed by atoms with Gasteiger partial charge in [-0.05, 0) is 25.5 Å². The first-order chi connectivity index (χ1) is 8.54. The lowest BCUT2D eigenvalue weighted by Crippen LogP contribution is -2.37. The Morgan fingerprint density at radius 2 is 2.17 bits per heavy atom. The van der Waals surface area contributed by atoms with Crippen molar-refractivity contribution < 1.29 is 23.4 Å². The number of carbonyl (C=O) groups is 1. The fourth-order valence-corrected chi connectivity index (χ4v) is 1.24. The van der Waals surface area contributed by atoms with Crippen LogP contribution in [0.4, 0.5) is 8.78 Å². The summed E-state index contributed by atoms with van der Waals surface area (Å²) in [5, 5.41) is 11.1. The Morgan fingerprint density at radius 1 is 1.44 bits per heavy atom. The third kappa shape index (κ3) is 4.29. The number of nitrogens with one attached hydrogen (secondary N) is 1. The molecule has 1 unspecified atom stereocenters. The number of hydrogen-bond donors (Lipinski definition) is 2. The fraction of sp³-hybridized carbons (Fsp3) is 0.417. The van der Waals surface area contributed by atoms with Gasteiger partial charge in [-0.1, -0.05) is 0 Å². The van der Waals surface area contributed by atoms with Crippen LogP contribution in [0.25, 0.3) is 0 Å². The van der Waals surface area contributed by atoms with Gasteiger partial charge >= 0.3 is 0 Å². The molecule has 0 aliphatic rings. The molecule has 0 radical (unpaired) electrons. The zero-order chi connectivity index (χ0) is 13.5. The van der Waals surface area contributed by atoms with Crippen LogP contribution in [0.3, 0.4) is 0 Å². The van der Waals surface area contributed by atoms with E-state index in [9.17, 15) is 13.6 Å². The normalized spacial score (nSPS) is 12.0. The molecule has 6 heteroatoms. The maximum Gasteiger partial charge on any atom is 0.260 e. The van der Waals surface area contributed by atoms with E-state index in [1.807, 2.05) is 0 Å². The summed E-state index contributed by atoms with van der Waals surface area (Å²) in [5.41, 5.74) is 0. The minimum absolute atomic E-state index is 0.0152. The second-order valence-electron chi connectivity index (χ2n) is 3.70. The summed E-state index contributed by atoms with van der Waals surface area (Å²) in [4.78, 5) is 11.5. The molecule has 4 nitrogen and oxygen atoms in total. The highest BCUT2D eigenvalue weighted by Gasteiger charge is 2.14. The van der Waals surface area contributed by atoms with E-state index in [0.717, 1.165) is 12.1 Å². The van der Waals surface area contributed by atoms with E-state index in [1.165, 1.54) is 13.0 Å². The smallest absolute Gasteiger partial charge is 0.260 e. The molecule has 1 atom stereocenters. The molecule has 100 valence electrons. The van der Waals surface area contributed by atoms with Gasteiger partial charge in [0.05, 0.1) is 0 Å². The first-order valence-electron chi connectivity index (χ1n) is 5.55. The number of aliphatic hydroxyl groups excluding tert-OH is 1. The van der Waals surface area contributed by atoms with Gasteiger partial charge < -0.3 is 15.2 Å². The van der Waals surface area contributed by atoms with E-state index < -0.39 is 17.7 Å². The number of aliphatic hydroxyl groups is 1. The van der Waals surface area contributed by atoms with Gasteiger partial charge in [-0.25, -0.2) is 8.78 Å². The largest absolute Gasteiger partial charge is 0.481 e. The van der Waals surface area contributed by atoms with Crippen molar-refractivity contribution >= 4 is 5.91 Å². The molecule has 1 aromatic rings. The van der Waals surface area contributed by atoms with Gasteiger partial charge in [-0.2, -0.15) is 0 Å². The molecule has 2 N–H and O–H groups in total. The number of hydrogen-bond acceptors (Lipinski definition) is 3. The molecule has 0 heterocycles. The Hall–Kier alpha value is -1.69. The summed E-state index contributed by atoms with van der Waals surface area (Å²) in [6, 6.07) is 3.06. The molecule has 0 bridgehead atoms. The van der Waals surface area contributed by atoms with Gasteiger partial charge in [0.2, 0.25) is 0 Å². The Labute approximate surface area is 104 Å². The van der Waals surface area contributed by atoms with Crippen LogP contribution in [-0.4, -0.2) is 30.3 Å². The molecule has 0 fully saturated rings. The average molecular weight is 259 g/mol. The zero-order valence-corrected chi connectivity index (χ0v) is 9.95. The van der Waals surface area contributed by atoms with Gasteiger partial charge in [-0.15, -0.1) is 0 Å². The highest BCUT2D eigenvalue weighted by molar-refractivity contribution is 5.80. The van der Waals surface area contributed by atoms with Crippen molar-refractivity contribution in [2.45, 2.75) is 19.4 Å². The maximum absolute atomic E-state index is 12.9. The van der Waals surface area contributed by atoms with Crippen LogP contribution in [0.5, 0.6) is 5.75 Å². The van der Waals surface area contributed by atoms with Gasteiger partial charge in [0.25, 0.3) is 5.91 Å². The summed E-state index contributed by atoms with van der Waals surface area (Å²) < 4.78 is 30.7. The molecule has 1 aromatic carbocycles. The fourth-order valence-electron chi connectivity index (χ4n) is 1.24. The van der Waals surface area contributed by atoms with E-state index in [0.29, 0.717) is 13.0 Å². The van der Waals surface area contributed by atoms with E-state index >= 15 is 0 Å². The number of carbonyl (C=O) groups excluding carboxylic acids is 1. The topological polar surface area (TPSA) is 58.6 Å². The third-order valence-corrected chi connectivity index (χ3v) is 2.21. The summed E-state index contributed by atoms with van der Waals surface area (Å²) in [5.74, 6) is -2.30. The van der Waals surface area contributed by atoms with Gasteiger partial charge in [0.1, 0.15) is 5.75 Å². The van der Waals surface area contributed by atoms with Crippen molar-refractivity contribution in [3.8, 4) is 5.75 Å². The molecule has 0 aliphatic heterocycles. The number of amides is 1. The van der Waals surface area contributed by atoms with Crippen LogP contribution in [-0.2, 0) is 4.79 Å². The molecule has 0 saturated carbocycles. The molecule has 0 aliphatic carbocycles. The number of benzene rings is 1. The molecule has 0 spiro atoms. The maximum atomic E-state index is 12.9. The van der Waals surface area contributed by atoms with E-state index in [-0.39, 0.29) is 18.3 Å². The van der Waals surface area contributed by atoms with Gasteiger partial charge in [0.15, 0.2) is 17.7 Å². The zero-order valence-electron chi connectivity index (χ0n) is 9.95. The molecular weight excluding hydrogens is 244 g/mol. The lowest BCUT2D eigenvalue weighted by Gasteiger charge is -2.14. The Kier molecular flexibility index (Phi) is 5.51. The van der Waals surface area contributed by atoms with Crippen LogP contribution in [0, 0.1) is 11.6 Å². The number of halogens is 2. The first-order valence-corrected chi connectivity index (χ1v) is 5.55. The van der Waals surface area contributed by atoms with E-state index in [4.69, 9.17) is 9.84 Å². The molecule has 0 aromatic heterocycles. The van der Waals surface area contributed by atoms with Crippen molar-refractivity contribution in [2.24, 2.45) is 0 Å². The summed E-state index contributed by atoms with van der Waals surface area (Å²) in [6.45, 7) is 1.81. The predicted molar refractivity (Wildman–Crippen MR) is 61.2 cm³/mol. The predicted octanol–water partition coefficient (Wildman–Crippen LogP) is 1.23. The van der Waals surface area contributed by atoms with Gasteiger partial charge in [-0.3, -0.25) is 4.79 Å². The van der Waals surface area contributed by atoms with Crippen molar-refractivity contribution in [2.75, 3.05) is 13.2 Å². The number of ether oxygens (including phenoxy) is 1. The van der Waals surface area contributed by atoms with Crippen LogP contribution < -0.4 is 10.1 Å². The molecule has 18 heavy (non-hydrogen) atoms. The van der Waals surface area contributed by atoms with Crippen molar-refractivity contribution in [1.29, 1.82) is 0 Å². The first kappa shape index (κ1) is 14.4. The molecule has 1 rings (SSSR count). The second-order valence-corrected chi connectivity index (χ2v) is 3.70. The third-order valence-electron chi connectivity index (χ3n) is 2.21. The second kappa shape index (κ2) is 6.90. The van der Waals surface area contributed by atoms with Crippen LogP contribution in [0.2, 0.25) is 0 Å². The lowest BCUT2D eigenvalue weighted by molar-refractivity contribution is -0.127. The Balaban J connectivity index is 2.50. The van der Waals surface area contributed by atoms with Crippen molar-refractivity contribution in [3.05, 3.63) is 29.8 Å². The minimum atomic E-state index is -1.03. The van der Waals surface area contributed by atoms with Crippen LogP contribution >= 0.6 is 0 Å². The quantitative estimate of drug-likeness (QED) is 0.755. The highest BCUT2D eigenvalue weighted by atomic mass is 19.2. The Morgan fingerprint density at radius 3 is 2.78 bits per heavy atom. The summed E-state index contributed by atoms with van der Waals surface area (Å²) >= 11 is 0. The molecule has 1 amide bonds. The monoisotopic (exact) mass is 259 g/mol. The lowest BCUT2D eigenvalue weighted by atomic mass is 10.3. The average Bonchev–Trinajstić information content (AvgIpc) is 2.34. The van der Waals surface area contributed by atoms with Crippen LogP contribution in [0.15, 0.2) is 18.2 Å². The highest BCUT2D eigenvalue weighted by Crippen LogP contribution is 2.16. The van der Waals surface area contributed by atoms with Gasteiger partial charge in [0, 0.05) is 19.2 Å². The standard InChI is InChI=1S/C12H15F2NO3/c1-8(12(17)15-5-2-6-16)18-9-3-4-10(13)11(14)7-9/h3-4,7-8,16H,2,5-6H2,1H3,(H,15,17). The Bertz CT molecular complexity index is 412. The summed E-state index contributed by atoms with van der Waals surface area (Å²) in [7, 11) is 0.